The summed E-state index contributed by atoms with van der Waals surface area (Å²) in [5, 5.41) is 2.79. The Bertz CT molecular complexity index is 252. The van der Waals surface area contributed by atoms with Gasteiger partial charge in [-0.1, -0.05) is 18.8 Å². The molecule has 0 aromatic heterocycles. The van der Waals surface area contributed by atoms with Gasteiger partial charge in [0.15, 0.2) is 0 Å². The van der Waals surface area contributed by atoms with E-state index in [1.807, 2.05) is 0 Å². The van der Waals surface area contributed by atoms with Gasteiger partial charge in [-0.3, -0.25) is 4.79 Å². The molecule has 1 aliphatic carbocycles. The topological polar surface area (TPSA) is 55.1 Å². The normalized spacial score (nSPS) is 26.1. The zero-order chi connectivity index (χ0) is 10.4. The van der Waals surface area contributed by atoms with Gasteiger partial charge in [-0.15, -0.1) is 5.92 Å². The van der Waals surface area contributed by atoms with E-state index in [2.05, 4.69) is 17.2 Å². The summed E-state index contributed by atoms with van der Waals surface area (Å²) in [7, 11) is 0. The molecule has 2 atom stereocenters. The van der Waals surface area contributed by atoms with E-state index in [-0.39, 0.29) is 17.9 Å². The fraction of sp³-hybridized carbons (Fsp3) is 0.727. The van der Waals surface area contributed by atoms with Gasteiger partial charge in [0.05, 0.1) is 12.5 Å². The van der Waals surface area contributed by atoms with Gasteiger partial charge in [0.2, 0.25) is 5.91 Å². The molecule has 1 rings (SSSR count). The highest BCUT2D eigenvalue weighted by atomic mass is 16.1. The summed E-state index contributed by atoms with van der Waals surface area (Å²) in [6.45, 7) is 2.21. The Morgan fingerprint density at radius 2 is 2.21 bits per heavy atom. The van der Waals surface area contributed by atoms with Gasteiger partial charge in [0, 0.05) is 6.04 Å². The van der Waals surface area contributed by atoms with Crippen molar-refractivity contribution in [2.24, 2.45) is 11.7 Å². The van der Waals surface area contributed by atoms with Crippen molar-refractivity contribution >= 4 is 5.91 Å². The highest BCUT2D eigenvalue weighted by Crippen LogP contribution is 2.22. The quantitative estimate of drug-likeness (QED) is 0.634. The smallest absolute Gasteiger partial charge is 0.225 e. The average Bonchev–Trinajstić information content (AvgIpc) is 2.18. The van der Waals surface area contributed by atoms with Crippen LogP contribution < -0.4 is 11.1 Å². The first kappa shape index (κ1) is 11.1. The first-order valence-electron chi connectivity index (χ1n) is 5.18. The fourth-order valence-corrected chi connectivity index (χ4v) is 1.84. The molecule has 0 aliphatic heterocycles. The van der Waals surface area contributed by atoms with Gasteiger partial charge >= 0.3 is 0 Å². The molecule has 0 aromatic rings. The number of amides is 1. The molecule has 14 heavy (non-hydrogen) atoms. The molecule has 1 fully saturated rings. The second-order valence-electron chi connectivity index (χ2n) is 3.70. The molecule has 2 unspecified atom stereocenters. The van der Waals surface area contributed by atoms with E-state index in [0.29, 0.717) is 6.54 Å². The molecule has 0 bridgehead atoms. The van der Waals surface area contributed by atoms with Crippen molar-refractivity contribution in [2.75, 3.05) is 6.54 Å². The van der Waals surface area contributed by atoms with Crippen LogP contribution >= 0.6 is 0 Å². The van der Waals surface area contributed by atoms with Crippen LogP contribution in [0, 0.1) is 17.8 Å². The molecule has 0 radical (unpaired) electrons. The van der Waals surface area contributed by atoms with Crippen molar-refractivity contribution in [1.29, 1.82) is 0 Å². The van der Waals surface area contributed by atoms with E-state index < -0.39 is 0 Å². The lowest BCUT2D eigenvalue weighted by Gasteiger charge is -2.27. The Morgan fingerprint density at radius 3 is 2.86 bits per heavy atom. The summed E-state index contributed by atoms with van der Waals surface area (Å²) < 4.78 is 0. The van der Waals surface area contributed by atoms with Gasteiger partial charge in [-0.05, 0) is 19.8 Å². The fourth-order valence-electron chi connectivity index (χ4n) is 1.84. The molecule has 3 heteroatoms. The number of nitrogens with one attached hydrogen (secondary N) is 1. The second kappa shape index (κ2) is 5.66. The van der Waals surface area contributed by atoms with Crippen molar-refractivity contribution in [3.8, 4) is 11.8 Å². The lowest BCUT2D eigenvalue weighted by atomic mass is 9.84. The van der Waals surface area contributed by atoms with E-state index in [9.17, 15) is 4.79 Å². The monoisotopic (exact) mass is 194 g/mol. The molecule has 78 valence electrons. The number of hydrogen-bond donors (Lipinski definition) is 2. The van der Waals surface area contributed by atoms with E-state index in [1.54, 1.807) is 6.92 Å². The molecule has 1 aliphatic rings. The van der Waals surface area contributed by atoms with Crippen LogP contribution in [0.15, 0.2) is 0 Å². The predicted molar refractivity (Wildman–Crippen MR) is 56.4 cm³/mol. The van der Waals surface area contributed by atoms with Gasteiger partial charge in [-0.25, -0.2) is 0 Å². The molecular weight excluding hydrogens is 176 g/mol. The van der Waals surface area contributed by atoms with Crippen LogP contribution in [0.3, 0.4) is 0 Å². The Balaban J connectivity index is 2.36. The SMILES string of the molecule is CC#CCNC(=O)C1CCCCC1N. The predicted octanol–water partition coefficient (Wildman–Crippen LogP) is 0.643. The molecular formula is C11H18N2O. The molecule has 3 N–H and O–H groups in total. The molecule has 3 nitrogen and oxygen atoms in total. The molecule has 0 aromatic carbocycles. The van der Waals surface area contributed by atoms with Crippen molar-refractivity contribution in [3.63, 3.8) is 0 Å². The highest BCUT2D eigenvalue weighted by Gasteiger charge is 2.27. The average molecular weight is 194 g/mol. The van der Waals surface area contributed by atoms with E-state index >= 15 is 0 Å². The van der Waals surface area contributed by atoms with E-state index in [4.69, 9.17) is 5.73 Å². The van der Waals surface area contributed by atoms with Crippen molar-refractivity contribution in [1.82, 2.24) is 5.32 Å². The summed E-state index contributed by atoms with van der Waals surface area (Å²) in [4.78, 5) is 11.6. The van der Waals surface area contributed by atoms with E-state index in [1.165, 1.54) is 0 Å². The van der Waals surface area contributed by atoms with Gasteiger partial charge in [0.1, 0.15) is 0 Å². The highest BCUT2D eigenvalue weighted by molar-refractivity contribution is 5.79. The van der Waals surface area contributed by atoms with E-state index in [0.717, 1.165) is 25.7 Å². The van der Waals surface area contributed by atoms with Gasteiger partial charge in [0.25, 0.3) is 0 Å². The van der Waals surface area contributed by atoms with Crippen LogP contribution in [-0.2, 0) is 4.79 Å². The maximum Gasteiger partial charge on any atom is 0.225 e. The zero-order valence-electron chi connectivity index (χ0n) is 8.68. The summed E-state index contributed by atoms with van der Waals surface area (Å²) in [5.41, 5.74) is 5.89. The lowest BCUT2D eigenvalue weighted by Crippen LogP contribution is -2.43. The number of carbonyl (C=O) groups is 1. The number of nitrogens with two attached hydrogens (primary N) is 1. The molecule has 0 spiro atoms. The van der Waals surface area contributed by atoms with Crippen LogP contribution in [-0.4, -0.2) is 18.5 Å². The third kappa shape index (κ3) is 3.04. The largest absolute Gasteiger partial charge is 0.345 e. The standard InChI is InChI=1S/C11H18N2O/c1-2-3-8-13-11(14)9-6-4-5-7-10(9)12/h9-10H,4-8,12H2,1H3,(H,13,14). The van der Waals surface area contributed by atoms with Crippen molar-refractivity contribution in [3.05, 3.63) is 0 Å². The molecule has 1 saturated carbocycles. The second-order valence-corrected chi connectivity index (χ2v) is 3.70. The summed E-state index contributed by atoms with van der Waals surface area (Å²) >= 11 is 0. The van der Waals surface area contributed by atoms with Crippen molar-refractivity contribution < 1.29 is 4.79 Å². The maximum absolute atomic E-state index is 11.6. The minimum Gasteiger partial charge on any atom is -0.345 e. The molecule has 0 saturated heterocycles. The lowest BCUT2D eigenvalue weighted by molar-refractivity contribution is -0.126. The Kier molecular flexibility index (Phi) is 4.48. The molecule has 0 heterocycles. The van der Waals surface area contributed by atoms with Crippen LogP contribution in [0.2, 0.25) is 0 Å². The number of hydrogen-bond acceptors (Lipinski definition) is 2. The zero-order valence-corrected chi connectivity index (χ0v) is 8.68. The number of carbonyl (C=O) groups excluding carboxylic acids is 1. The Hall–Kier alpha value is -1.01. The third-order valence-corrected chi connectivity index (χ3v) is 2.68. The summed E-state index contributed by atoms with van der Waals surface area (Å²) in [6.07, 6.45) is 4.16. The minimum absolute atomic E-state index is 0.00223. The maximum atomic E-state index is 11.6. The van der Waals surface area contributed by atoms with Crippen LogP contribution in [0.1, 0.15) is 32.6 Å². The van der Waals surface area contributed by atoms with Crippen LogP contribution in [0.25, 0.3) is 0 Å². The minimum atomic E-state index is 0.00223. The Labute approximate surface area is 85.4 Å². The van der Waals surface area contributed by atoms with Crippen molar-refractivity contribution in [2.45, 2.75) is 38.6 Å². The van der Waals surface area contributed by atoms with Gasteiger partial charge < -0.3 is 11.1 Å². The third-order valence-electron chi connectivity index (χ3n) is 2.68. The Morgan fingerprint density at radius 1 is 1.50 bits per heavy atom. The number of rotatable bonds is 2. The summed E-state index contributed by atoms with van der Waals surface area (Å²) in [6, 6.07) is 0.0401. The van der Waals surface area contributed by atoms with Crippen LogP contribution in [0.5, 0.6) is 0 Å². The van der Waals surface area contributed by atoms with Gasteiger partial charge in [-0.2, -0.15) is 0 Å². The summed E-state index contributed by atoms with van der Waals surface area (Å²) in [5.74, 6) is 5.62. The first-order valence-corrected chi connectivity index (χ1v) is 5.18. The molecule has 1 amide bonds. The van der Waals surface area contributed by atoms with Crippen LogP contribution in [0.4, 0.5) is 0 Å². The first-order chi connectivity index (χ1) is 6.75.